The third-order valence-corrected chi connectivity index (χ3v) is 5.63. The summed E-state index contributed by atoms with van der Waals surface area (Å²) in [7, 11) is -3.23. The topological polar surface area (TPSA) is 88.6 Å². The summed E-state index contributed by atoms with van der Waals surface area (Å²) in [5, 5.41) is 2.91. The molecule has 2 heterocycles. The quantitative estimate of drug-likeness (QED) is 0.839. The van der Waals surface area contributed by atoms with Gasteiger partial charge in [-0.3, -0.25) is 4.79 Å². The second-order valence-electron chi connectivity index (χ2n) is 6.54. The van der Waals surface area contributed by atoms with Crippen LogP contribution in [0.5, 0.6) is 0 Å². The number of nitrogens with one attached hydrogen (secondary N) is 1. The highest BCUT2D eigenvalue weighted by Gasteiger charge is 2.15. The monoisotopic (exact) mass is 389 g/mol. The molecule has 1 aromatic carbocycles. The summed E-state index contributed by atoms with van der Waals surface area (Å²) >= 11 is 0. The molecular formula is C19H23N3O4S. The Morgan fingerprint density at radius 1 is 1.15 bits per heavy atom. The molecule has 3 rings (SSSR count). The van der Waals surface area contributed by atoms with Gasteiger partial charge >= 0.3 is 0 Å². The molecule has 1 fully saturated rings. The van der Waals surface area contributed by atoms with Crippen molar-refractivity contribution in [1.82, 2.24) is 10.3 Å². The van der Waals surface area contributed by atoms with Gasteiger partial charge in [0.25, 0.3) is 5.91 Å². The highest BCUT2D eigenvalue weighted by molar-refractivity contribution is 7.90. The van der Waals surface area contributed by atoms with Crippen LogP contribution in [0.15, 0.2) is 47.5 Å². The molecule has 1 aliphatic heterocycles. The summed E-state index contributed by atoms with van der Waals surface area (Å²) < 4.78 is 28.4. The van der Waals surface area contributed by atoms with Crippen molar-refractivity contribution < 1.29 is 17.9 Å². The molecule has 0 aliphatic carbocycles. The summed E-state index contributed by atoms with van der Waals surface area (Å²) in [6, 6.07) is 9.85. The van der Waals surface area contributed by atoms with Gasteiger partial charge in [0.15, 0.2) is 9.84 Å². The van der Waals surface area contributed by atoms with Gasteiger partial charge in [-0.05, 0) is 36.8 Å². The van der Waals surface area contributed by atoms with Gasteiger partial charge in [0.2, 0.25) is 0 Å². The number of hydrogen-bond donors (Lipinski definition) is 1. The lowest BCUT2D eigenvalue weighted by Gasteiger charge is -2.27. The lowest BCUT2D eigenvalue weighted by atomic mass is 10.1. The predicted molar refractivity (Wildman–Crippen MR) is 103 cm³/mol. The third kappa shape index (κ3) is 4.84. The van der Waals surface area contributed by atoms with Gasteiger partial charge in [-0.1, -0.05) is 12.1 Å². The van der Waals surface area contributed by atoms with Crippen molar-refractivity contribution in [2.24, 2.45) is 0 Å². The fraction of sp³-hybridized carbons (Fsp3) is 0.368. The van der Waals surface area contributed by atoms with E-state index in [0.29, 0.717) is 18.8 Å². The molecule has 7 nitrogen and oxygen atoms in total. The Morgan fingerprint density at radius 2 is 1.81 bits per heavy atom. The zero-order chi connectivity index (χ0) is 19.4. The van der Waals surface area contributed by atoms with Crippen LogP contribution in [0.1, 0.15) is 28.9 Å². The number of anilines is 1. The van der Waals surface area contributed by atoms with Gasteiger partial charge in [-0.15, -0.1) is 0 Å². The highest BCUT2D eigenvalue weighted by atomic mass is 32.2. The van der Waals surface area contributed by atoms with Crippen LogP contribution in [0.4, 0.5) is 5.82 Å². The fourth-order valence-corrected chi connectivity index (χ4v) is 3.50. The van der Waals surface area contributed by atoms with Crippen molar-refractivity contribution in [2.45, 2.75) is 17.9 Å². The summed E-state index contributed by atoms with van der Waals surface area (Å²) in [6.07, 6.45) is 2.74. The second-order valence-corrected chi connectivity index (χ2v) is 8.56. The molecule has 1 N–H and O–H groups in total. The summed E-state index contributed by atoms with van der Waals surface area (Å²) in [6.45, 7) is 4.79. The minimum atomic E-state index is -3.23. The standard InChI is InChI=1S/C19H23N3O4S/c1-14(15-3-6-17(7-4-15)27(2,24)25)21-19(23)16-5-8-18(20-13-16)22-9-11-26-12-10-22/h3-8,13-14H,9-12H2,1-2H3,(H,21,23). The number of carbonyl (C=O) groups is 1. The normalized spacial score (nSPS) is 16.0. The van der Waals surface area contributed by atoms with E-state index in [-0.39, 0.29) is 16.8 Å². The number of carbonyl (C=O) groups excluding carboxylic acids is 1. The average Bonchev–Trinajstić information content (AvgIpc) is 2.68. The van der Waals surface area contributed by atoms with Crippen LogP contribution >= 0.6 is 0 Å². The molecule has 1 aliphatic rings. The van der Waals surface area contributed by atoms with Gasteiger partial charge < -0.3 is 15.0 Å². The molecule has 1 aromatic heterocycles. The van der Waals surface area contributed by atoms with E-state index < -0.39 is 9.84 Å². The van der Waals surface area contributed by atoms with Gasteiger partial charge in [0.1, 0.15) is 5.82 Å². The number of benzene rings is 1. The van der Waals surface area contributed by atoms with Crippen molar-refractivity contribution in [3.63, 3.8) is 0 Å². The van der Waals surface area contributed by atoms with Crippen LogP contribution in [0.25, 0.3) is 0 Å². The van der Waals surface area contributed by atoms with E-state index in [1.54, 1.807) is 36.5 Å². The van der Waals surface area contributed by atoms with Gasteiger partial charge in [0, 0.05) is 25.5 Å². The van der Waals surface area contributed by atoms with Crippen LogP contribution in [0.2, 0.25) is 0 Å². The lowest BCUT2D eigenvalue weighted by Crippen LogP contribution is -2.36. The molecule has 27 heavy (non-hydrogen) atoms. The molecular weight excluding hydrogens is 366 g/mol. The zero-order valence-corrected chi connectivity index (χ0v) is 16.2. The van der Waals surface area contributed by atoms with Gasteiger partial charge in [-0.2, -0.15) is 0 Å². The number of pyridine rings is 1. The van der Waals surface area contributed by atoms with E-state index in [1.807, 2.05) is 13.0 Å². The van der Waals surface area contributed by atoms with Gasteiger partial charge in [-0.25, -0.2) is 13.4 Å². The smallest absolute Gasteiger partial charge is 0.253 e. The minimum absolute atomic E-state index is 0.226. The molecule has 0 radical (unpaired) electrons. The molecule has 2 aromatic rings. The molecule has 0 spiro atoms. The molecule has 0 bridgehead atoms. The van der Waals surface area contributed by atoms with Gasteiger partial charge in [0.05, 0.1) is 29.7 Å². The SMILES string of the molecule is CC(NC(=O)c1ccc(N2CCOCC2)nc1)c1ccc(S(C)(=O)=O)cc1. The first-order valence-corrected chi connectivity index (χ1v) is 10.6. The van der Waals surface area contributed by atoms with Crippen molar-refractivity contribution in [3.8, 4) is 0 Å². The maximum atomic E-state index is 12.5. The number of sulfone groups is 1. The Balaban J connectivity index is 1.64. The third-order valence-electron chi connectivity index (χ3n) is 4.50. The Bertz CT molecular complexity index is 890. The molecule has 1 atom stereocenters. The molecule has 1 amide bonds. The number of nitrogens with zero attached hydrogens (tertiary/aromatic N) is 2. The van der Waals surface area contributed by atoms with Crippen LogP contribution in [0.3, 0.4) is 0 Å². The number of hydrogen-bond acceptors (Lipinski definition) is 6. The Kier molecular flexibility index (Phi) is 5.76. The van der Waals surface area contributed by atoms with E-state index in [4.69, 9.17) is 4.74 Å². The average molecular weight is 389 g/mol. The van der Waals surface area contributed by atoms with Crippen molar-refractivity contribution >= 4 is 21.6 Å². The van der Waals surface area contributed by atoms with Crippen LogP contribution < -0.4 is 10.2 Å². The number of ether oxygens (including phenoxy) is 1. The minimum Gasteiger partial charge on any atom is -0.378 e. The first-order valence-electron chi connectivity index (χ1n) is 8.74. The number of amides is 1. The predicted octanol–water partition coefficient (Wildman–Crippen LogP) is 1.81. The maximum absolute atomic E-state index is 12.5. The number of rotatable bonds is 5. The summed E-state index contributed by atoms with van der Waals surface area (Å²) in [5.74, 6) is 0.606. The second kappa shape index (κ2) is 8.06. The van der Waals surface area contributed by atoms with Crippen molar-refractivity contribution in [2.75, 3.05) is 37.5 Å². The maximum Gasteiger partial charge on any atom is 0.253 e. The van der Waals surface area contributed by atoms with E-state index in [1.165, 1.54) is 6.26 Å². The highest BCUT2D eigenvalue weighted by Crippen LogP contribution is 2.18. The number of morpholine rings is 1. The molecule has 1 saturated heterocycles. The summed E-state index contributed by atoms with van der Waals surface area (Å²) in [5.41, 5.74) is 1.31. The van der Waals surface area contributed by atoms with E-state index in [2.05, 4.69) is 15.2 Å². The largest absolute Gasteiger partial charge is 0.378 e. The van der Waals surface area contributed by atoms with E-state index in [9.17, 15) is 13.2 Å². The molecule has 144 valence electrons. The van der Waals surface area contributed by atoms with E-state index >= 15 is 0 Å². The fourth-order valence-electron chi connectivity index (χ4n) is 2.87. The van der Waals surface area contributed by atoms with Crippen LogP contribution in [0, 0.1) is 0 Å². The molecule has 0 saturated carbocycles. The van der Waals surface area contributed by atoms with Crippen molar-refractivity contribution in [1.29, 1.82) is 0 Å². The summed E-state index contributed by atoms with van der Waals surface area (Å²) in [4.78, 5) is 19.2. The lowest BCUT2D eigenvalue weighted by molar-refractivity contribution is 0.0939. The Hall–Kier alpha value is -2.45. The van der Waals surface area contributed by atoms with Crippen molar-refractivity contribution in [3.05, 3.63) is 53.7 Å². The first kappa shape index (κ1) is 19.3. The zero-order valence-electron chi connectivity index (χ0n) is 15.4. The number of aromatic nitrogens is 1. The molecule has 1 unspecified atom stereocenters. The van der Waals surface area contributed by atoms with Crippen LogP contribution in [-0.4, -0.2) is 51.9 Å². The molecule has 8 heteroatoms. The van der Waals surface area contributed by atoms with E-state index in [0.717, 1.165) is 24.5 Å². The first-order chi connectivity index (χ1) is 12.8. The Labute approximate surface area is 159 Å². The Morgan fingerprint density at radius 3 is 2.37 bits per heavy atom. The van der Waals surface area contributed by atoms with Crippen LogP contribution in [-0.2, 0) is 14.6 Å².